The van der Waals surface area contributed by atoms with Crippen LogP contribution < -0.4 is 0 Å². The minimum absolute atomic E-state index is 0.543. The highest BCUT2D eigenvalue weighted by Gasteiger charge is 2.19. The van der Waals surface area contributed by atoms with E-state index in [1.165, 1.54) is 52.0 Å². The maximum atomic E-state index is 5.68. The molecule has 4 nitrogen and oxygen atoms in total. The van der Waals surface area contributed by atoms with Gasteiger partial charge in [-0.15, -0.1) is 0 Å². The van der Waals surface area contributed by atoms with E-state index in [1.807, 2.05) is 0 Å². The van der Waals surface area contributed by atoms with Crippen LogP contribution in [0.4, 0.5) is 0 Å². The zero-order valence-corrected chi connectivity index (χ0v) is 11.8. The monoisotopic (exact) mass is 256 g/mol. The molecule has 2 rings (SSSR count). The van der Waals surface area contributed by atoms with Gasteiger partial charge < -0.3 is 14.4 Å². The summed E-state index contributed by atoms with van der Waals surface area (Å²) in [6, 6.07) is 0. The number of nitrogens with zero attached hydrogens (tertiary/aromatic N) is 2. The summed E-state index contributed by atoms with van der Waals surface area (Å²) in [5.41, 5.74) is 0. The topological polar surface area (TPSA) is 24.9 Å². The third-order valence-electron chi connectivity index (χ3n) is 4.01. The van der Waals surface area contributed by atoms with Crippen LogP contribution in [0.1, 0.15) is 26.2 Å². The molecule has 0 aromatic rings. The van der Waals surface area contributed by atoms with E-state index in [0.29, 0.717) is 6.10 Å². The second-order valence-corrected chi connectivity index (χ2v) is 5.30. The summed E-state index contributed by atoms with van der Waals surface area (Å²) < 4.78 is 11.1. The molecule has 0 aliphatic carbocycles. The molecule has 0 unspecified atom stereocenters. The molecule has 0 bridgehead atoms. The summed E-state index contributed by atoms with van der Waals surface area (Å²) >= 11 is 0. The number of piperazine rings is 1. The van der Waals surface area contributed by atoms with E-state index in [2.05, 4.69) is 16.7 Å². The first kappa shape index (κ1) is 14.3. The lowest BCUT2D eigenvalue weighted by Crippen LogP contribution is -2.47. The third kappa shape index (κ3) is 4.84. The molecule has 0 spiro atoms. The zero-order valence-electron chi connectivity index (χ0n) is 11.8. The molecule has 2 aliphatic rings. The Bertz CT molecular complexity index is 212. The Morgan fingerprint density at radius 2 is 1.83 bits per heavy atom. The van der Waals surface area contributed by atoms with Gasteiger partial charge in [0, 0.05) is 52.5 Å². The van der Waals surface area contributed by atoms with Gasteiger partial charge in [0.25, 0.3) is 0 Å². The van der Waals surface area contributed by atoms with Crippen molar-refractivity contribution in [2.75, 3.05) is 59.1 Å². The zero-order chi connectivity index (χ0) is 12.6. The number of hydrogen-bond donors (Lipinski definition) is 0. The molecular weight excluding hydrogens is 228 g/mol. The van der Waals surface area contributed by atoms with E-state index in [9.17, 15) is 0 Å². The largest absolute Gasteiger partial charge is 0.380 e. The van der Waals surface area contributed by atoms with Crippen molar-refractivity contribution in [3.63, 3.8) is 0 Å². The number of hydrogen-bond acceptors (Lipinski definition) is 4. The van der Waals surface area contributed by atoms with Crippen molar-refractivity contribution in [1.82, 2.24) is 9.80 Å². The molecule has 2 heterocycles. The molecule has 0 amide bonds. The highest BCUT2D eigenvalue weighted by atomic mass is 16.5. The summed E-state index contributed by atoms with van der Waals surface area (Å²) in [5, 5.41) is 0. The van der Waals surface area contributed by atoms with Gasteiger partial charge in [-0.05, 0) is 26.2 Å². The van der Waals surface area contributed by atoms with Gasteiger partial charge in [0.2, 0.25) is 0 Å². The van der Waals surface area contributed by atoms with Crippen molar-refractivity contribution >= 4 is 0 Å². The van der Waals surface area contributed by atoms with Crippen molar-refractivity contribution in [2.24, 2.45) is 0 Å². The first-order valence-corrected chi connectivity index (χ1v) is 7.52. The smallest absolute Gasteiger partial charge is 0.0593 e. The van der Waals surface area contributed by atoms with Crippen LogP contribution in [-0.2, 0) is 9.47 Å². The molecule has 2 aliphatic heterocycles. The Hall–Kier alpha value is -0.160. The molecule has 106 valence electrons. The summed E-state index contributed by atoms with van der Waals surface area (Å²) in [6.45, 7) is 11.9. The van der Waals surface area contributed by atoms with Crippen molar-refractivity contribution in [3.05, 3.63) is 0 Å². The molecular formula is C14H28N2O2. The van der Waals surface area contributed by atoms with E-state index in [1.54, 1.807) is 0 Å². The van der Waals surface area contributed by atoms with Crippen molar-refractivity contribution in [3.8, 4) is 0 Å². The second-order valence-electron chi connectivity index (χ2n) is 5.30. The molecule has 0 aromatic heterocycles. The van der Waals surface area contributed by atoms with E-state index >= 15 is 0 Å². The van der Waals surface area contributed by atoms with Gasteiger partial charge in [-0.2, -0.15) is 0 Å². The average molecular weight is 256 g/mol. The molecule has 18 heavy (non-hydrogen) atoms. The standard InChI is InChI=1S/C14H28N2O2/c1-2-17-13-11-16-9-7-15(8-10-16)6-5-14-4-3-12-18-14/h14H,2-13H2,1H3/t14-/m0/s1. The Balaban J connectivity index is 1.52. The highest BCUT2D eigenvalue weighted by molar-refractivity contribution is 4.74. The van der Waals surface area contributed by atoms with Crippen LogP contribution in [0.3, 0.4) is 0 Å². The van der Waals surface area contributed by atoms with Gasteiger partial charge in [-0.1, -0.05) is 0 Å². The van der Waals surface area contributed by atoms with Crippen molar-refractivity contribution < 1.29 is 9.47 Å². The lowest BCUT2D eigenvalue weighted by molar-refractivity contribution is 0.0639. The Kier molecular flexibility index (Phi) is 6.41. The average Bonchev–Trinajstić information content (AvgIpc) is 2.91. The van der Waals surface area contributed by atoms with Crippen LogP contribution in [0.2, 0.25) is 0 Å². The normalized spacial score (nSPS) is 26.8. The second kappa shape index (κ2) is 8.10. The van der Waals surface area contributed by atoms with Gasteiger partial charge in [0.15, 0.2) is 0 Å². The van der Waals surface area contributed by atoms with Crippen LogP contribution in [-0.4, -0.2) is 75.0 Å². The predicted molar refractivity (Wildman–Crippen MR) is 73.0 cm³/mol. The van der Waals surface area contributed by atoms with E-state index < -0.39 is 0 Å². The molecule has 0 radical (unpaired) electrons. The van der Waals surface area contributed by atoms with E-state index in [0.717, 1.165) is 26.4 Å². The SMILES string of the molecule is CCOCCN1CCN(CC[C@@H]2CCCO2)CC1. The first-order valence-electron chi connectivity index (χ1n) is 7.52. The van der Waals surface area contributed by atoms with Gasteiger partial charge in [0.05, 0.1) is 12.7 Å². The summed E-state index contributed by atoms with van der Waals surface area (Å²) in [7, 11) is 0. The molecule has 1 atom stereocenters. The van der Waals surface area contributed by atoms with E-state index in [4.69, 9.17) is 9.47 Å². The fourth-order valence-electron chi connectivity index (χ4n) is 2.77. The fourth-order valence-corrected chi connectivity index (χ4v) is 2.77. The summed E-state index contributed by atoms with van der Waals surface area (Å²) in [6.07, 6.45) is 4.30. The maximum Gasteiger partial charge on any atom is 0.0593 e. The highest BCUT2D eigenvalue weighted by Crippen LogP contribution is 2.16. The van der Waals surface area contributed by atoms with Gasteiger partial charge >= 0.3 is 0 Å². The molecule has 0 saturated carbocycles. The minimum Gasteiger partial charge on any atom is -0.380 e. The van der Waals surface area contributed by atoms with Gasteiger partial charge in [0.1, 0.15) is 0 Å². The van der Waals surface area contributed by atoms with Crippen LogP contribution in [0, 0.1) is 0 Å². The molecule has 2 fully saturated rings. The van der Waals surface area contributed by atoms with Gasteiger partial charge in [-0.25, -0.2) is 0 Å². The van der Waals surface area contributed by atoms with Gasteiger partial charge in [-0.3, -0.25) is 4.90 Å². The summed E-state index contributed by atoms with van der Waals surface area (Å²) in [5.74, 6) is 0. The molecule has 0 N–H and O–H groups in total. The molecule has 0 aromatic carbocycles. The lowest BCUT2D eigenvalue weighted by atomic mass is 10.1. The molecule has 4 heteroatoms. The minimum atomic E-state index is 0.543. The van der Waals surface area contributed by atoms with Crippen molar-refractivity contribution in [1.29, 1.82) is 0 Å². The quantitative estimate of drug-likeness (QED) is 0.639. The van der Waals surface area contributed by atoms with Crippen LogP contribution in [0.5, 0.6) is 0 Å². The predicted octanol–water partition coefficient (Wildman–Crippen LogP) is 1.21. The Morgan fingerprint density at radius 1 is 1.11 bits per heavy atom. The Labute approximate surface area is 111 Å². The number of ether oxygens (including phenoxy) is 2. The Morgan fingerprint density at radius 3 is 2.44 bits per heavy atom. The third-order valence-corrected chi connectivity index (χ3v) is 4.01. The lowest BCUT2D eigenvalue weighted by Gasteiger charge is -2.34. The number of rotatable bonds is 7. The van der Waals surface area contributed by atoms with Crippen LogP contribution in [0.25, 0.3) is 0 Å². The maximum absolute atomic E-state index is 5.68. The van der Waals surface area contributed by atoms with Crippen LogP contribution >= 0.6 is 0 Å². The summed E-state index contributed by atoms with van der Waals surface area (Å²) in [4.78, 5) is 5.09. The fraction of sp³-hybridized carbons (Fsp3) is 1.00. The van der Waals surface area contributed by atoms with Crippen LogP contribution in [0.15, 0.2) is 0 Å². The van der Waals surface area contributed by atoms with Crippen molar-refractivity contribution in [2.45, 2.75) is 32.3 Å². The van der Waals surface area contributed by atoms with E-state index in [-0.39, 0.29) is 0 Å². The first-order chi connectivity index (χ1) is 8.88. The molecule has 2 saturated heterocycles.